The van der Waals surface area contributed by atoms with Crippen molar-refractivity contribution in [1.29, 1.82) is 0 Å². The lowest BCUT2D eigenvalue weighted by molar-refractivity contribution is 0.0190. The first-order chi connectivity index (χ1) is 9.75. The number of rotatable bonds is 4. The average Bonchev–Trinajstić information content (AvgIpc) is 3.17. The van der Waals surface area contributed by atoms with Gasteiger partial charge in [0.25, 0.3) is 0 Å². The fraction of sp³-hybridized carbons (Fsp3) is 0.400. The second-order valence-corrected chi connectivity index (χ2v) is 5.33. The molecule has 2 unspecified atom stereocenters. The fourth-order valence-electron chi connectivity index (χ4n) is 2.66. The molecule has 0 spiro atoms. The number of aromatic nitrogens is 2. The molecule has 0 bridgehead atoms. The van der Waals surface area contributed by atoms with E-state index in [1.165, 1.54) is 0 Å². The Kier molecular flexibility index (Phi) is 3.56. The molecular formula is C15H19N3O2. The smallest absolute Gasteiger partial charge is 0.0911 e. The fourth-order valence-corrected chi connectivity index (χ4v) is 2.66. The molecule has 1 aliphatic rings. The van der Waals surface area contributed by atoms with E-state index < -0.39 is 6.10 Å². The van der Waals surface area contributed by atoms with Crippen molar-refractivity contribution in [3.05, 3.63) is 48.3 Å². The molecule has 3 rings (SSSR count). The van der Waals surface area contributed by atoms with E-state index in [2.05, 4.69) is 5.10 Å². The van der Waals surface area contributed by atoms with Gasteiger partial charge >= 0.3 is 0 Å². The van der Waals surface area contributed by atoms with Crippen molar-refractivity contribution in [3.63, 3.8) is 0 Å². The van der Waals surface area contributed by atoms with E-state index in [0.29, 0.717) is 19.8 Å². The molecular weight excluding hydrogens is 254 g/mol. The van der Waals surface area contributed by atoms with Gasteiger partial charge in [-0.2, -0.15) is 5.10 Å². The summed E-state index contributed by atoms with van der Waals surface area (Å²) in [6, 6.07) is 9.82. The zero-order valence-electron chi connectivity index (χ0n) is 11.3. The topological polar surface area (TPSA) is 73.3 Å². The Morgan fingerprint density at radius 1 is 1.40 bits per heavy atom. The van der Waals surface area contributed by atoms with Crippen molar-refractivity contribution in [1.82, 2.24) is 9.78 Å². The molecule has 0 amide bonds. The summed E-state index contributed by atoms with van der Waals surface area (Å²) in [5.74, 6) is 0. The van der Waals surface area contributed by atoms with Crippen molar-refractivity contribution < 1.29 is 9.84 Å². The Labute approximate surface area is 118 Å². The lowest BCUT2D eigenvalue weighted by Crippen LogP contribution is -2.37. The summed E-state index contributed by atoms with van der Waals surface area (Å²) in [5, 5.41) is 14.9. The summed E-state index contributed by atoms with van der Waals surface area (Å²) in [6.45, 7) is 1.56. The standard InChI is InChI=1S/C15H19N3O2/c16-10-15(6-7-20-11-15)14(19)12-8-17-18(9-12)13-4-2-1-3-5-13/h1-5,8-9,14,19H,6-7,10-11,16H2. The van der Waals surface area contributed by atoms with Gasteiger partial charge in [0.1, 0.15) is 0 Å². The largest absolute Gasteiger partial charge is 0.388 e. The molecule has 5 nitrogen and oxygen atoms in total. The Hall–Kier alpha value is -1.69. The number of hydrogen-bond acceptors (Lipinski definition) is 4. The first kappa shape index (κ1) is 13.3. The van der Waals surface area contributed by atoms with Crippen LogP contribution in [0.15, 0.2) is 42.7 Å². The number of aliphatic hydroxyl groups is 1. The van der Waals surface area contributed by atoms with Gasteiger partial charge in [0.05, 0.1) is 24.6 Å². The predicted molar refractivity (Wildman–Crippen MR) is 75.4 cm³/mol. The van der Waals surface area contributed by atoms with Crippen LogP contribution in [0.2, 0.25) is 0 Å². The normalized spacial score (nSPS) is 23.9. The Morgan fingerprint density at radius 2 is 2.20 bits per heavy atom. The molecule has 0 saturated carbocycles. The molecule has 0 radical (unpaired) electrons. The van der Waals surface area contributed by atoms with Gasteiger partial charge in [-0.15, -0.1) is 0 Å². The van der Waals surface area contributed by atoms with Crippen LogP contribution in [0.5, 0.6) is 0 Å². The highest BCUT2D eigenvalue weighted by Crippen LogP contribution is 2.40. The lowest BCUT2D eigenvalue weighted by Gasteiger charge is -2.30. The Balaban J connectivity index is 1.86. The summed E-state index contributed by atoms with van der Waals surface area (Å²) >= 11 is 0. The highest BCUT2D eigenvalue weighted by Gasteiger charge is 2.41. The SMILES string of the molecule is NCC1(C(O)c2cnn(-c3ccccc3)c2)CCOC1. The van der Waals surface area contributed by atoms with Gasteiger partial charge < -0.3 is 15.6 Å². The summed E-state index contributed by atoms with van der Waals surface area (Å²) in [4.78, 5) is 0. The molecule has 1 aromatic carbocycles. The predicted octanol–water partition coefficient (Wildman–Crippen LogP) is 1.27. The molecule has 1 saturated heterocycles. The van der Waals surface area contributed by atoms with E-state index >= 15 is 0 Å². The molecule has 106 valence electrons. The monoisotopic (exact) mass is 273 g/mol. The van der Waals surface area contributed by atoms with Crippen LogP contribution >= 0.6 is 0 Å². The minimum Gasteiger partial charge on any atom is -0.388 e. The third-order valence-electron chi connectivity index (χ3n) is 4.06. The molecule has 2 aromatic rings. The van der Waals surface area contributed by atoms with Gasteiger partial charge in [0.15, 0.2) is 0 Å². The summed E-state index contributed by atoms with van der Waals surface area (Å²) in [7, 11) is 0. The van der Waals surface area contributed by atoms with Crippen LogP contribution in [-0.2, 0) is 4.74 Å². The van der Waals surface area contributed by atoms with E-state index in [0.717, 1.165) is 17.7 Å². The van der Waals surface area contributed by atoms with Crippen LogP contribution in [-0.4, -0.2) is 34.6 Å². The third kappa shape index (κ3) is 2.24. The van der Waals surface area contributed by atoms with Gasteiger partial charge in [-0.1, -0.05) is 18.2 Å². The van der Waals surface area contributed by atoms with Crippen LogP contribution < -0.4 is 5.73 Å². The van der Waals surface area contributed by atoms with E-state index in [4.69, 9.17) is 10.5 Å². The third-order valence-corrected chi connectivity index (χ3v) is 4.06. The van der Waals surface area contributed by atoms with Crippen molar-refractivity contribution >= 4 is 0 Å². The zero-order chi connectivity index (χ0) is 14.0. The maximum Gasteiger partial charge on any atom is 0.0911 e. The number of aliphatic hydroxyl groups excluding tert-OH is 1. The van der Waals surface area contributed by atoms with Crippen molar-refractivity contribution in [3.8, 4) is 5.69 Å². The molecule has 2 heterocycles. The summed E-state index contributed by atoms with van der Waals surface area (Å²) in [6.07, 6.45) is 3.69. The molecule has 1 fully saturated rings. The van der Waals surface area contributed by atoms with Crippen LogP contribution in [0.25, 0.3) is 5.69 Å². The first-order valence-electron chi connectivity index (χ1n) is 6.81. The van der Waals surface area contributed by atoms with Crippen molar-refractivity contribution in [2.45, 2.75) is 12.5 Å². The second kappa shape index (κ2) is 5.36. The van der Waals surface area contributed by atoms with E-state index in [9.17, 15) is 5.11 Å². The minimum atomic E-state index is -0.646. The van der Waals surface area contributed by atoms with Gasteiger partial charge in [0.2, 0.25) is 0 Å². The quantitative estimate of drug-likeness (QED) is 0.880. The number of hydrogen-bond donors (Lipinski definition) is 2. The Morgan fingerprint density at radius 3 is 2.85 bits per heavy atom. The van der Waals surface area contributed by atoms with Crippen LogP contribution in [0.1, 0.15) is 18.1 Å². The van der Waals surface area contributed by atoms with Crippen molar-refractivity contribution in [2.75, 3.05) is 19.8 Å². The van der Waals surface area contributed by atoms with Crippen LogP contribution in [0.4, 0.5) is 0 Å². The molecule has 20 heavy (non-hydrogen) atoms. The Bertz CT molecular complexity index is 562. The van der Waals surface area contributed by atoms with Gasteiger partial charge in [-0.3, -0.25) is 0 Å². The average molecular weight is 273 g/mol. The minimum absolute atomic E-state index is 0.384. The molecule has 3 N–H and O–H groups in total. The molecule has 5 heteroatoms. The number of nitrogens with two attached hydrogens (primary N) is 1. The van der Waals surface area contributed by atoms with Gasteiger partial charge in [0, 0.05) is 30.3 Å². The number of benzene rings is 1. The lowest BCUT2D eigenvalue weighted by atomic mass is 9.79. The van der Waals surface area contributed by atoms with Crippen LogP contribution in [0.3, 0.4) is 0 Å². The van der Waals surface area contributed by atoms with Crippen LogP contribution in [0, 0.1) is 5.41 Å². The molecule has 1 aliphatic heterocycles. The van der Waals surface area contributed by atoms with E-state index in [1.54, 1.807) is 10.9 Å². The summed E-state index contributed by atoms with van der Waals surface area (Å²) < 4.78 is 7.18. The number of ether oxygens (including phenoxy) is 1. The van der Waals surface area contributed by atoms with Crippen molar-refractivity contribution in [2.24, 2.45) is 11.1 Å². The van der Waals surface area contributed by atoms with E-state index in [-0.39, 0.29) is 5.41 Å². The first-order valence-corrected chi connectivity index (χ1v) is 6.81. The zero-order valence-corrected chi connectivity index (χ0v) is 11.3. The molecule has 1 aromatic heterocycles. The maximum atomic E-state index is 10.6. The number of nitrogens with zero attached hydrogens (tertiary/aromatic N) is 2. The van der Waals surface area contributed by atoms with E-state index in [1.807, 2.05) is 36.5 Å². The summed E-state index contributed by atoms with van der Waals surface area (Å²) in [5.41, 5.74) is 7.22. The highest BCUT2D eigenvalue weighted by molar-refractivity contribution is 5.31. The maximum absolute atomic E-state index is 10.6. The number of para-hydroxylation sites is 1. The van der Waals surface area contributed by atoms with Gasteiger partial charge in [-0.05, 0) is 18.6 Å². The van der Waals surface area contributed by atoms with Gasteiger partial charge in [-0.25, -0.2) is 4.68 Å². The molecule has 2 atom stereocenters. The molecule has 0 aliphatic carbocycles. The highest BCUT2D eigenvalue weighted by atomic mass is 16.5. The second-order valence-electron chi connectivity index (χ2n) is 5.33.